The van der Waals surface area contributed by atoms with Gasteiger partial charge in [-0.2, -0.15) is 5.26 Å². The van der Waals surface area contributed by atoms with Crippen LogP contribution in [0.25, 0.3) is 0 Å². The number of nitriles is 1. The van der Waals surface area contributed by atoms with Crippen molar-refractivity contribution in [3.05, 3.63) is 65.0 Å². The van der Waals surface area contributed by atoms with Crippen LogP contribution in [0.15, 0.2) is 58.5 Å². The molecule has 2 heterocycles. The van der Waals surface area contributed by atoms with Crippen molar-refractivity contribution in [2.45, 2.75) is 17.7 Å². The minimum Gasteiger partial charge on any atom is -0.338 e. The summed E-state index contributed by atoms with van der Waals surface area (Å²) in [5.41, 5.74) is 0.935. The molecule has 0 N–H and O–H groups in total. The fourth-order valence-corrected chi connectivity index (χ4v) is 4.99. The van der Waals surface area contributed by atoms with E-state index < -0.39 is 21.6 Å². The summed E-state index contributed by atoms with van der Waals surface area (Å²) in [5.74, 6) is -1.16. The Kier molecular flexibility index (Phi) is 4.40. The van der Waals surface area contributed by atoms with E-state index in [9.17, 15) is 17.6 Å². The predicted octanol–water partition coefficient (Wildman–Crippen LogP) is 3.09. The monoisotopic (exact) mass is 397 g/mol. The quantitative estimate of drug-likeness (QED) is 0.728. The van der Waals surface area contributed by atoms with Gasteiger partial charge in [-0.15, -0.1) is 0 Å². The summed E-state index contributed by atoms with van der Waals surface area (Å²) in [6, 6.07) is 11.8. The maximum Gasteiger partial charge on any atom is 0.267 e. The number of likely N-dealkylation sites (tertiary alicyclic amines) is 1. The fraction of sp³-hybridized carbons (Fsp3) is 0.200. The summed E-state index contributed by atoms with van der Waals surface area (Å²) in [6.07, 6.45) is 2.89. The Bertz CT molecular complexity index is 1150. The van der Waals surface area contributed by atoms with Gasteiger partial charge in [0.15, 0.2) is 4.91 Å². The average Bonchev–Trinajstić information content (AvgIpc) is 3.22. The highest BCUT2D eigenvalue weighted by Crippen LogP contribution is 2.40. The highest BCUT2D eigenvalue weighted by Gasteiger charge is 2.38. The van der Waals surface area contributed by atoms with Crippen LogP contribution in [0.4, 0.5) is 15.8 Å². The van der Waals surface area contributed by atoms with Gasteiger partial charge in [0.2, 0.25) is 9.84 Å². The number of nitrogens with zero attached hydrogens (tertiary/aromatic N) is 3. The maximum absolute atomic E-state index is 13.9. The lowest BCUT2D eigenvalue weighted by molar-refractivity contribution is -0.125. The van der Waals surface area contributed by atoms with Crippen LogP contribution in [-0.4, -0.2) is 32.3 Å². The summed E-state index contributed by atoms with van der Waals surface area (Å²) >= 11 is 0. The van der Waals surface area contributed by atoms with E-state index >= 15 is 0 Å². The Morgan fingerprint density at radius 3 is 2.57 bits per heavy atom. The van der Waals surface area contributed by atoms with E-state index in [0.29, 0.717) is 24.3 Å². The van der Waals surface area contributed by atoms with E-state index in [4.69, 9.17) is 5.26 Å². The van der Waals surface area contributed by atoms with Gasteiger partial charge in [-0.05, 0) is 49.2 Å². The van der Waals surface area contributed by atoms with Crippen molar-refractivity contribution in [2.24, 2.45) is 0 Å². The Labute approximate surface area is 162 Å². The summed E-state index contributed by atoms with van der Waals surface area (Å²) in [5, 5.41) is 9.17. The van der Waals surface area contributed by atoms with Crippen molar-refractivity contribution < 1.29 is 17.6 Å². The third kappa shape index (κ3) is 2.94. The third-order valence-corrected chi connectivity index (χ3v) is 6.65. The summed E-state index contributed by atoms with van der Waals surface area (Å²) < 4.78 is 40.1. The average molecular weight is 397 g/mol. The van der Waals surface area contributed by atoms with Gasteiger partial charge < -0.3 is 9.80 Å². The normalized spacial score (nSPS) is 17.6. The molecule has 0 bridgehead atoms. The lowest BCUT2D eigenvalue weighted by atomic mass is 10.2. The molecular formula is C20H16FN3O3S. The van der Waals surface area contributed by atoms with Crippen molar-refractivity contribution in [2.75, 3.05) is 18.0 Å². The van der Waals surface area contributed by atoms with Gasteiger partial charge in [-0.1, -0.05) is 6.07 Å². The van der Waals surface area contributed by atoms with Crippen molar-refractivity contribution in [1.82, 2.24) is 4.90 Å². The van der Waals surface area contributed by atoms with Crippen molar-refractivity contribution in [3.8, 4) is 6.07 Å². The first-order valence-corrected chi connectivity index (χ1v) is 10.3. The van der Waals surface area contributed by atoms with E-state index in [1.165, 1.54) is 22.1 Å². The Balaban J connectivity index is 1.92. The van der Waals surface area contributed by atoms with Crippen molar-refractivity contribution >= 4 is 27.1 Å². The standard InChI is InChI=1S/C20H16FN3O3S/c21-15-6-7-18-17(11-15)24(16-5-3-4-14(10-16)12-22)13-19(28(18,26)27)20(25)23-8-1-2-9-23/h3-7,10-11,13H,1-2,8-9H2. The Morgan fingerprint density at radius 2 is 1.86 bits per heavy atom. The molecule has 0 atom stereocenters. The Morgan fingerprint density at radius 1 is 1.11 bits per heavy atom. The van der Waals surface area contributed by atoms with Gasteiger partial charge >= 0.3 is 0 Å². The van der Waals surface area contributed by atoms with E-state index in [0.717, 1.165) is 25.0 Å². The van der Waals surface area contributed by atoms with Crippen LogP contribution in [-0.2, 0) is 14.6 Å². The number of rotatable bonds is 2. The zero-order valence-corrected chi connectivity index (χ0v) is 15.6. The van der Waals surface area contributed by atoms with Crippen LogP contribution >= 0.6 is 0 Å². The first-order valence-electron chi connectivity index (χ1n) is 8.77. The van der Waals surface area contributed by atoms with Crippen LogP contribution in [0.5, 0.6) is 0 Å². The number of carbonyl (C=O) groups is 1. The molecule has 2 aliphatic rings. The molecule has 28 heavy (non-hydrogen) atoms. The molecule has 0 spiro atoms. The molecule has 4 rings (SSSR count). The SMILES string of the molecule is N#Cc1cccc(N2C=C(C(=O)N3CCCC3)S(=O)(=O)c3ccc(F)cc32)c1. The zero-order chi connectivity index (χ0) is 19.9. The number of halogens is 1. The number of anilines is 2. The molecule has 1 amide bonds. The lowest BCUT2D eigenvalue weighted by Gasteiger charge is -2.30. The topological polar surface area (TPSA) is 81.5 Å². The molecule has 8 heteroatoms. The van der Waals surface area contributed by atoms with Crippen LogP contribution in [0.1, 0.15) is 18.4 Å². The van der Waals surface area contributed by atoms with Crippen LogP contribution < -0.4 is 4.90 Å². The molecule has 2 aromatic rings. The van der Waals surface area contributed by atoms with Gasteiger partial charge in [0.25, 0.3) is 5.91 Å². The minimum absolute atomic E-state index is 0.105. The number of amides is 1. The molecule has 0 radical (unpaired) electrons. The molecule has 0 aromatic heterocycles. The van der Waals surface area contributed by atoms with Gasteiger partial charge in [-0.3, -0.25) is 4.79 Å². The van der Waals surface area contributed by atoms with E-state index in [-0.39, 0.29) is 15.5 Å². The van der Waals surface area contributed by atoms with Gasteiger partial charge in [0.1, 0.15) is 5.82 Å². The van der Waals surface area contributed by atoms with Crippen molar-refractivity contribution in [1.29, 1.82) is 5.26 Å². The number of benzene rings is 2. The summed E-state index contributed by atoms with van der Waals surface area (Å²) in [4.78, 5) is 15.4. The zero-order valence-electron chi connectivity index (χ0n) is 14.8. The number of hydrogen-bond donors (Lipinski definition) is 0. The molecule has 2 aliphatic heterocycles. The van der Waals surface area contributed by atoms with Gasteiger partial charge in [0, 0.05) is 25.0 Å². The molecule has 0 unspecified atom stereocenters. The van der Waals surface area contributed by atoms with Gasteiger partial charge in [-0.25, -0.2) is 12.8 Å². The fourth-order valence-electron chi connectivity index (χ4n) is 3.47. The highest BCUT2D eigenvalue weighted by molar-refractivity contribution is 7.96. The number of hydrogen-bond acceptors (Lipinski definition) is 5. The third-order valence-electron chi connectivity index (χ3n) is 4.86. The maximum atomic E-state index is 13.9. The number of fused-ring (bicyclic) bond motifs is 1. The first kappa shape index (κ1) is 18.2. The molecule has 2 aromatic carbocycles. The largest absolute Gasteiger partial charge is 0.338 e. The van der Waals surface area contributed by atoms with Crippen LogP contribution in [0.3, 0.4) is 0 Å². The molecule has 142 valence electrons. The second-order valence-electron chi connectivity index (χ2n) is 6.64. The van der Waals surface area contributed by atoms with E-state index in [2.05, 4.69) is 0 Å². The molecule has 1 fully saturated rings. The van der Waals surface area contributed by atoms with Crippen LogP contribution in [0, 0.1) is 17.1 Å². The number of carbonyl (C=O) groups excluding carboxylic acids is 1. The van der Waals surface area contributed by atoms with Gasteiger partial charge in [0.05, 0.1) is 22.2 Å². The number of sulfone groups is 1. The minimum atomic E-state index is -4.10. The molecular weight excluding hydrogens is 381 g/mol. The smallest absolute Gasteiger partial charge is 0.267 e. The summed E-state index contributed by atoms with van der Waals surface area (Å²) in [6.45, 7) is 1.01. The van der Waals surface area contributed by atoms with Crippen molar-refractivity contribution in [3.63, 3.8) is 0 Å². The summed E-state index contributed by atoms with van der Waals surface area (Å²) in [7, 11) is -4.10. The highest BCUT2D eigenvalue weighted by atomic mass is 32.2. The lowest BCUT2D eigenvalue weighted by Crippen LogP contribution is -2.35. The molecule has 1 saturated heterocycles. The second-order valence-corrected chi connectivity index (χ2v) is 8.53. The molecule has 6 nitrogen and oxygen atoms in total. The van der Waals surface area contributed by atoms with E-state index in [1.54, 1.807) is 24.3 Å². The first-order chi connectivity index (χ1) is 13.4. The van der Waals surface area contributed by atoms with E-state index in [1.807, 2.05) is 6.07 Å². The molecule has 0 aliphatic carbocycles. The molecule has 0 saturated carbocycles. The van der Waals surface area contributed by atoms with Crippen LogP contribution in [0.2, 0.25) is 0 Å². The predicted molar refractivity (Wildman–Crippen MR) is 101 cm³/mol. The Hall–Kier alpha value is -3.18. The second kappa shape index (κ2) is 6.77.